The Hall–Kier alpha value is -4.64. The molecular weight excluding hydrogens is 563 g/mol. The number of hydrogen-bond donors (Lipinski definition) is 1. The fourth-order valence-corrected chi connectivity index (χ4v) is 5.52. The van der Waals surface area contributed by atoms with Gasteiger partial charge in [-0.05, 0) is 65.8 Å². The number of ether oxygens (including phenoxy) is 1. The SMILES string of the molecule is CCc1ccccc1C1C(C)=CS/C1=N\C(=O)N/C=C/c1ccc(-c2ncn(-c3ccc(OC(F)(F)F)cc3)n2)cc1. The highest BCUT2D eigenvalue weighted by Crippen LogP contribution is 2.40. The number of aliphatic imine (C=N–C) groups is 1. The van der Waals surface area contributed by atoms with Crippen LogP contribution >= 0.6 is 11.8 Å². The van der Waals surface area contributed by atoms with Crippen molar-refractivity contribution in [2.45, 2.75) is 32.5 Å². The van der Waals surface area contributed by atoms with Crippen LogP contribution in [0.5, 0.6) is 5.75 Å². The van der Waals surface area contributed by atoms with Gasteiger partial charge in [0, 0.05) is 11.8 Å². The predicted molar refractivity (Wildman–Crippen MR) is 158 cm³/mol. The van der Waals surface area contributed by atoms with Crippen LogP contribution in [-0.4, -0.2) is 32.2 Å². The number of alkyl halides is 3. The fraction of sp³-hybridized carbons (Fsp3) is 0.161. The number of carbonyl (C=O) groups is 1. The summed E-state index contributed by atoms with van der Waals surface area (Å²) < 4.78 is 42.5. The van der Waals surface area contributed by atoms with Crippen LogP contribution in [0.25, 0.3) is 23.2 Å². The monoisotopic (exact) mass is 589 g/mol. The van der Waals surface area contributed by atoms with E-state index in [9.17, 15) is 18.0 Å². The number of benzene rings is 3. The number of allylic oxidation sites excluding steroid dienone is 1. The van der Waals surface area contributed by atoms with E-state index in [2.05, 4.69) is 51.1 Å². The van der Waals surface area contributed by atoms with Gasteiger partial charge in [0.1, 0.15) is 12.1 Å². The lowest BCUT2D eigenvalue weighted by Gasteiger charge is -2.17. The molecule has 0 aliphatic carbocycles. The Morgan fingerprint density at radius 2 is 1.83 bits per heavy atom. The fourth-order valence-electron chi connectivity index (χ4n) is 4.50. The van der Waals surface area contributed by atoms with Gasteiger partial charge in [-0.3, -0.25) is 0 Å². The molecule has 7 nitrogen and oxygen atoms in total. The zero-order valence-corrected chi connectivity index (χ0v) is 23.5. The summed E-state index contributed by atoms with van der Waals surface area (Å²) in [5, 5.41) is 9.92. The predicted octanol–water partition coefficient (Wildman–Crippen LogP) is 7.91. The van der Waals surface area contributed by atoms with Crippen molar-refractivity contribution in [3.8, 4) is 22.8 Å². The van der Waals surface area contributed by atoms with E-state index in [0.717, 1.165) is 28.2 Å². The first-order valence-electron chi connectivity index (χ1n) is 13.0. The highest BCUT2D eigenvalue weighted by Gasteiger charge is 2.31. The number of halogens is 3. The molecule has 2 heterocycles. The third-order valence-corrected chi connectivity index (χ3v) is 7.56. The van der Waals surface area contributed by atoms with Crippen LogP contribution in [0.1, 0.15) is 36.5 Å². The van der Waals surface area contributed by atoms with Gasteiger partial charge in [0.15, 0.2) is 5.82 Å². The molecule has 214 valence electrons. The molecule has 3 aromatic carbocycles. The van der Waals surface area contributed by atoms with Crippen molar-refractivity contribution >= 4 is 28.9 Å². The topological polar surface area (TPSA) is 81.4 Å². The summed E-state index contributed by atoms with van der Waals surface area (Å²) in [4.78, 5) is 21.2. The molecule has 4 aromatic rings. The van der Waals surface area contributed by atoms with Crippen LogP contribution in [0.4, 0.5) is 18.0 Å². The van der Waals surface area contributed by atoms with Crippen molar-refractivity contribution < 1.29 is 22.7 Å². The molecule has 11 heteroatoms. The Kier molecular flexibility index (Phi) is 8.58. The molecule has 1 aromatic heterocycles. The molecule has 2 amide bonds. The number of rotatable bonds is 7. The Bertz CT molecular complexity index is 1660. The first-order valence-corrected chi connectivity index (χ1v) is 13.9. The van der Waals surface area contributed by atoms with Crippen LogP contribution in [0.2, 0.25) is 0 Å². The summed E-state index contributed by atoms with van der Waals surface area (Å²) in [6.07, 6.45) is 0.940. The number of carbonyl (C=O) groups excluding carboxylic acids is 1. The van der Waals surface area contributed by atoms with E-state index in [4.69, 9.17) is 0 Å². The molecular formula is C31H26F3N5O2S. The number of aromatic nitrogens is 3. The first kappa shape index (κ1) is 28.9. The van der Waals surface area contributed by atoms with Crippen LogP contribution in [0, 0.1) is 0 Å². The van der Waals surface area contributed by atoms with Crippen LogP contribution in [0.15, 0.2) is 101 Å². The van der Waals surface area contributed by atoms with Crippen molar-refractivity contribution in [2.24, 2.45) is 4.99 Å². The van der Waals surface area contributed by atoms with Crippen LogP contribution in [-0.2, 0) is 6.42 Å². The van der Waals surface area contributed by atoms with Gasteiger partial charge >= 0.3 is 12.4 Å². The molecule has 0 bridgehead atoms. The average Bonchev–Trinajstić information content (AvgIpc) is 3.60. The largest absolute Gasteiger partial charge is 0.573 e. The maximum Gasteiger partial charge on any atom is 0.573 e. The highest BCUT2D eigenvalue weighted by atomic mass is 32.2. The van der Waals surface area contributed by atoms with Gasteiger partial charge in [-0.2, -0.15) is 4.99 Å². The molecule has 1 aliphatic rings. The Labute approximate surface area is 244 Å². The van der Waals surface area contributed by atoms with E-state index in [1.807, 2.05) is 41.8 Å². The molecule has 1 atom stereocenters. The molecule has 0 saturated carbocycles. The van der Waals surface area contributed by atoms with Gasteiger partial charge in [-0.1, -0.05) is 72.8 Å². The van der Waals surface area contributed by atoms with Gasteiger partial charge in [0.2, 0.25) is 0 Å². The summed E-state index contributed by atoms with van der Waals surface area (Å²) in [6.45, 7) is 4.18. The highest BCUT2D eigenvalue weighted by molar-refractivity contribution is 8.17. The molecule has 0 fully saturated rings. The van der Waals surface area contributed by atoms with Crippen LogP contribution in [0.3, 0.4) is 0 Å². The lowest BCUT2D eigenvalue weighted by molar-refractivity contribution is -0.274. The quantitative estimate of drug-likeness (QED) is 0.237. The number of amides is 2. The van der Waals surface area contributed by atoms with Gasteiger partial charge in [0.25, 0.3) is 0 Å². The van der Waals surface area contributed by atoms with E-state index in [-0.39, 0.29) is 11.7 Å². The van der Waals surface area contributed by atoms with Gasteiger partial charge in [-0.15, -0.1) is 18.3 Å². The molecule has 1 unspecified atom stereocenters. The molecule has 42 heavy (non-hydrogen) atoms. The number of thioether (sulfide) groups is 1. The number of urea groups is 1. The standard InChI is InChI=1S/C31H26F3N5O2S/c1-3-22-6-4-5-7-26(22)27-20(2)18-42-29(27)37-30(40)35-17-16-21-8-10-23(11-9-21)28-36-19-39(38-28)24-12-14-25(15-13-24)41-31(32,33)34/h4-19,27H,3H2,1-2H3,(H,35,40)/b17-16+,37-29-. The van der Waals surface area contributed by atoms with Gasteiger partial charge < -0.3 is 10.1 Å². The Morgan fingerprint density at radius 3 is 2.55 bits per heavy atom. The molecule has 1 N–H and O–H groups in total. The lowest BCUT2D eigenvalue weighted by Crippen LogP contribution is -2.17. The third-order valence-electron chi connectivity index (χ3n) is 6.50. The summed E-state index contributed by atoms with van der Waals surface area (Å²) >= 11 is 1.48. The number of nitrogens with zero attached hydrogens (tertiary/aromatic N) is 4. The molecule has 0 saturated heterocycles. The summed E-state index contributed by atoms with van der Waals surface area (Å²) in [5.74, 6) is 0.112. The maximum atomic E-state index is 12.6. The second-order valence-electron chi connectivity index (χ2n) is 9.37. The smallest absolute Gasteiger partial charge is 0.406 e. The zero-order valence-electron chi connectivity index (χ0n) is 22.7. The van der Waals surface area contributed by atoms with E-state index in [1.54, 1.807) is 12.3 Å². The minimum absolute atomic E-state index is 0.0201. The molecule has 0 spiro atoms. The first-order chi connectivity index (χ1) is 20.2. The van der Waals surface area contributed by atoms with E-state index >= 15 is 0 Å². The summed E-state index contributed by atoms with van der Waals surface area (Å²) in [7, 11) is 0. The van der Waals surface area contributed by atoms with Gasteiger partial charge in [0.05, 0.1) is 16.6 Å². The molecule has 5 rings (SSSR count). The van der Waals surface area contributed by atoms with E-state index in [0.29, 0.717) is 11.5 Å². The van der Waals surface area contributed by atoms with E-state index in [1.165, 1.54) is 58.2 Å². The van der Waals surface area contributed by atoms with Crippen molar-refractivity contribution in [2.75, 3.05) is 0 Å². The number of hydrogen-bond acceptors (Lipinski definition) is 5. The minimum atomic E-state index is -4.75. The zero-order chi connectivity index (χ0) is 29.7. The third kappa shape index (κ3) is 6.98. The molecule has 0 radical (unpaired) electrons. The van der Waals surface area contributed by atoms with Crippen molar-refractivity contribution in [1.29, 1.82) is 0 Å². The number of nitrogens with one attached hydrogen (secondary N) is 1. The summed E-state index contributed by atoms with van der Waals surface area (Å²) in [6, 6.07) is 20.5. The normalized spacial score (nSPS) is 16.2. The van der Waals surface area contributed by atoms with Crippen molar-refractivity contribution in [3.05, 3.63) is 113 Å². The average molecular weight is 590 g/mol. The Morgan fingerprint density at radius 1 is 1.10 bits per heavy atom. The molecule has 1 aliphatic heterocycles. The van der Waals surface area contributed by atoms with Crippen molar-refractivity contribution in [1.82, 2.24) is 20.1 Å². The maximum absolute atomic E-state index is 12.6. The second kappa shape index (κ2) is 12.5. The lowest BCUT2D eigenvalue weighted by atomic mass is 9.89. The Balaban J connectivity index is 1.20. The summed E-state index contributed by atoms with van der Waals surface area (Å²) in [5.41, 5.74) is 5.70. The minimum Gasteiger partial charge on any atom is -0.406 e. The van der Waals surface area contributed by atoms with E-state index < -0.39 is 12.4 Å². The van der Waals surface area contributed by atoms with Crippen LogP contribution < -0.4 is 10.1 Å². The van der Waals surface area contributed by atoms with Crippen molar-refractivity contribution in [3.63, 3.8) is 0 Å². The van der Waals surface area contributed by atoms with Gasteiger partial charge in [-0.25, -0.2) is 14.5 Å². The second-order valence-corrected chi connectivity index (χ2v) is 10.3. The number of aryl methyl sites for hydroxylation is 1.